The Morgan fingerprint density at radius 2 is 2.10 bits per heavy atom. The number of amides is 2. The fourth-order valence-electron chi connectivity index (χ4n) is 2.53. The molecule has 118 valence electrons. The van der Waals surface area contributed by atoms with E-state index >= 15 is 0 Å². The Kier molecular flexibility index (Phi) is 5.68. The van der Waals surface area contributed by atoms with E-state index in [-0.39, 0.29) is 24.2 Å². The molecule has 0 radical (unpaired) electrons. The van der Waals surface area contributed by atoms with Gasteiger partial charge in [-0.2, -0.15) is 13.2 Å². The summed E-state index contributed by atoms with van der Waals surface area (Å²) >= 11 is 0. The van der Waals surface area contributed by atoms with Gasteiger partial charge in [-0.05, 0) is 40.0 Å². The van der Waals surface area contributed by atoms with E-state index in [9.17, 15) is 18.0 Å². The quantitative estimate of drug-likeness (QED) is 0.793. The highest BCUT2D eigenvalue weighted by Crippen LogP contribution is 2.32. The number of carbonyl (C=O) groups is 1. The summed E-state index contributed by atoms with van der Waals surface area (Å²) in [7, 11) is 0. The summed E-state index contributed by atoms with van der Waals surface area (Å²) in [5.74, 6) is 0. The average molecular weight is 296 g/mol. The number of alkyl halides is 3. The monoisotopic (exact) mass is 296 g/mol. The summed E-state index contributed by atoms with van der Waals surface area (Å²) in [6.07, 6.45) is -2.01. The summed E-state index contributed by atoms with van der Waals surface area (Å²) in [6, 6.07) is 0.0299. The molecular formula is C13H23F3N2O2. The van der Waals surface area contributed by atoms with Gasteiger partial charge >= 0.3 is 12.2 Å². The molecule has 1 fully saturated rings. The van der Waals surface area contributed by atoms with Crippen LogP contribution in [0.4, 0.5) is 18.0 Å². The lowest BCUT2D eigenvalue weighted by molar-refractivity contribution is -0.173. The van der Waals surface area contributed by atoms with Gasteiger partial charge in [-0.1, -0.05) is 0 Å². The maximum absolute atomic E-state index is 12.1. The predicted octanol–water partition coefficient (Wildman–Crippen LogP) is 2.93. The number of likely N-dealkylation sites (tertiary alicyclic amines) is 1. The molecule has 1 N–H and O–H groups in total. The van der Waals surface area contributed by atoms with E-state index in [1.807, 2.05) is 25.7 Å². The van der Waals surface area contributed by atoms with Crippen LogP contribution in [0.15, 0.2) is 0 Å². The molecular weight excluding hydrogens is 273 g/mol. The largest absolute Gasteiger partial charge is 0.411 e. The Morgan fingerprint density at radius 1 is 1.45 bits per heavy atom. The van der Waals surface area contributed by atoms with Crippen molar-refractivity contribution >= 4 is 6.03 Å². The van der Waals surface area contributed by atoms with Crippen LogP contribution >= 0.6 is 0 Å². The van der Waals surface area contributed by atoms with Crippen LogP contribution in [0.5, 0.6) is 0 Å². The second-order valence-electron chi connectivity index (χ2n) is 5.82. The molecule has 0 aromatic carbocycles. The highest BCUT2D eigenvalue weighted by molar-refractivity contribution is 5.75. The average Bonchev–Trinajstić information content (AvgIpc) is 2.56. The van der Waals surface area contributed by atoms with E-state index < -0.39 is 12.8 Å². The van der Waals surface area contributed by atoms with Gasteiger partial charge < -0.3 is 15.0 Å². The van der Waals surface area contributed by atoms with E-state index in [1.54, 1.807) is 0 Å². The normalized spacial score (nSPS) is 22.1. The van der Waals surface area contributed by atoms with Gasteiger partial charge in [0.1, 0.15) is 6.61 Å². The first-order chi connectivity index (χ1) is 9.13. The lowest BCUT2D eigenvalue weighted by atomic mass is 10.0. The minimum Gasteiger partial charge on any atom is -0.372 e. The third kappa shape index (κ3) is 5.19. The van der Waals surface area contributed by atoms with Crippen LogP contribution in [0.25, 0.3) is 0 Å². The summed E-state index contributed by atoms with van der Waals surface area (Å²) in [5, 5.41) is 2.73. The molecule has 1 aliphatic rings. The first kappa shape index (κ1) is 17.1. The number of hydrogen-bond donors (Lipinski definition) is 1. The zero-order valence-corrected chi connectivity index (χ0v) is 12.2. The van der Waals surface area contributed by atoms with Crippen molar-refractivity contribution < 1.29 is 22.7 Å². The second-order valence-corrected chi connectivity index (χ2v) is 5.82. The van der Waals surface area contributed by atoms with Gasteiger partial charge in [0.2, 0.25) is 0 Å². The molecule has 0 spiro atoms. The van der Waals surface area contributed by atoms with Crippen molar-refractivity contribution in [2.75, 3.05) is 19.8 Å². The standard InChI is InChI=1S/C13H23F3N2O2/c1-10-5-6-12(2,3)18(10)11(19)17-7-4-8-20-9-13(14,15)16/h10H,4-9H2,1-3H3,(H,17,19). The van der Waals surface area contributed by atoms with Gasteiger partial charge in [0.15, 0.2) is 0 Å². The number of ether oxygens (including phenoxy) is 1. The maximum atomic E-state index is 12.1. The van der Waals surface area contributed by atoms with E-state index in [0.717, 1.165) is 12.8 Å². The van der Waals surface area contributed by atoms with E-state index in [4.69, 9.17) is 0 Å². The van der Waals surface area contributed by atoms with Crippen LogP contribution < -0.4 is 5.32 Å². The van der Waals surface area contributed by atoms with Crippen LogP contribution in [0, 0.1) is 0 Å². The number of carbonyl (C=O) groups excluding carboxylic acids is 1. The summed E-state index contributed by atoms with van der Waals surface area (Å²) < 4.78 is 40.0. The van der Waals surface area contributed by atoms with Crippen molar-refractivity contribution in [3.63, 3.8) is 0 Å². The lowest BCUT2D eigenvalue weighted by Crippen LogP contribution is -2.51. The van der Waals surface area contributed by atoms with Crippen LogP contribution in [-0.2, 0) is 4.74 Å². The number of halogens is 3. The van der Waals surface area contributed by atoms with Gasteiger partial charge in [-0.15, -0.1) is 0 Å². The number of nitrogens with one attached hydrogen (secondary N) is 1. The molecule has 1 aliphatic heterocycles. The van der Waals surface area contributed by atoms with Gasteiger partial charge in [-0.25, -0.2) is 4.79 Å². The van der Waals surface area contributed by atoms with Crippen LogP contribution in [0.3, 0.4) is 0 Å². The Morgan fingerprint density at radius 3 is 2.60 bits per heavy atom. The van der Waals surface area contributed by atoms with Crippen molar-refractivity contribution in [2.45, 2.75) is 57.8 Å². The van der Waals surface area contributed by atoms with Crippen molar-refractivity contribution in [1.82, 2.24) is 10.2 Å². The van der Waals surface area contributed by atoms with Crippen molar-refractivity contribution in [2.24, 2.45) is 0 Å². The lowest BCUT2D eigenvalue weighted by Gasteiger charge is -2.34. The highest BCUT2D eigenvalue weighted by atomic mass is 19.4. The van der Waals surface area contributed by atoms with Gasteiger partial charge in [0, 0.05) is 24.7 Å². The third-order valence-electron chi connectivity index (χ3n) is 3.49. The SMILES string of the molecule is CC1CCC(C)(C)N1C(=O)NCCCOCC(F)(F)F. The van der Waals surface area contributed by atoms with Gasteiger partial charge in [-0.3, -0.25) is 0 Å². The van der Waals surface area contributed by atoms with E-state index in [0.29, 0.717) is 13.0 Å². The molecule has 1 saturated heterocycles. The van der Waals surface area contributed by atoms with Gasteiger partial charge in [0.25, 0.3) is 0 Å². The minimum atomic E-state index is -4.29. The molecule has 0 aromatic heterocycles. The second kappa shape index (κ2) is 6.65. The smallest absolute Gasteiger partial charge is 0.372 e. The number of hydrogen-bond acceptors (Lipinski definition) is 2. The van der Waals surface area contributed by atoms with Gasteiger partial charge in [0.05, 0.1) is 0 Å². The van der Waals surface area contributed by atoms with Crippen LogP contribution in [0.2, 0.25) is 0 Å². The summed E-state index contributed by atoms with van der Waals surface area (Å²) in [5.41, 5.74) is -0.170. The number of urea groups is 1. The molecule has 2 amide bonds. The number of nitrogens with zero attached hydrogens (tertiary/aromatic N) is 1. The first-order valence-corrected chi connectivity index (χ1v) is 6.85. The van der Waals surface area contributed by atoms with Crippen molar-refractivity contribution in [1.29, 1.82) is 0 Å². The first-order valence-electron chi connectivity index (χ1n) is 6.85. The molecule has 0 bridgehead atoms. The fraction of sp³-hybridized carbons (Fsp3) is 0.923. The zero-order valence-electron chi connectivity index (χ0n) is 12.2. The van der Waals surface area contributed by atoms with Crippen molar-refractivity contribution in [3.05, 3.63) is 0 Å². The fourth-order valence-corrected chi connectivity index (χ4v) is 2.53. The summed E-state index contributed by atoms with van der Waals surface area (Å²) in [6.45, 7) is 5.09. The molecule has 1 rings (SSSR count). The van der Waals surface area contributed by atoms with Crippen molar-refractivity contribution in [3.8, 4) is 0 Å². The molecule has 0 aromatic rings. The molecule has 20 heavy (non-hydrogen) atoms. The third-order valence-corrected chi connectivity index (χ3v) is 3.49. The Hall–Kier alpha value is -0.980. The van der Waals surface area contributed by atoms with Crippen LogP contribution in [0.1, 0.15) is 40.0 Å². The summed E-state index contributed by atoms with van der Waals surface area (Å²) in [4.78, 5) is 13.9. The Labute approximate surface area is 117 Å². The maximum Gasteiger partial charge on any atom is 0.411 e. The highest BCUT2D eigenvalue weighted by Gasteiger charge is 2.40. The topological polar surface area (TPSA) is 41.6 Å². The molecule has 1 atom stereocenters. The minimum absolute atomic E-state index is 0.0151. The Bertz CT molecular complexity index is 332. The predicted molar refractivity (Wildman–Crippen MR) is 69.5 cm³/mol. The molecule has 4 nitrogen and oxygen atoms in total. The molecule has 7 heteroatoms. The molecule has 1 heterocycles. The van der Waals surface area contributed by atoms with Crippen LogP contribution in [-0.4, -0.2) is 48.4 Å². The molecule has 0 saturated carbocycles. The van der Waals surface area contributed by atoms with E-state index in [2.05, 4.69) is 10.1 Å². The van der Waals surface area contributed by atoms with E-state index in [1.165, 1.54) is 0 Å². The molecule has 1 unspecified atom stereocenters. The zero-order chi connectivity index (χ0) is 15.4. The Balaban J connectivity index is 2.21. The molecule has 0 aliphatic carbocycles. The number of rotatable bonds is 5.